The predicted octanol–water partition coefficient (Wildman–Crippen LogP) is 3.42. The van der Waals surface area contributed by atoms with Crippen LogP contribution in [0.5, 0.6) is 5.75 Å². The Kier molecular flexibility index (Phi) is 5.82. The summed E-state index contributed by atoms with van der Waals surface area (Å²) in [5.74, 6) is -1.22. The maximum atomic E-state index is 12.0. The van der Waals surface area contributed by atoms with E-state index in [9.17, 15) is 9.59 Å². The number of anilines is 1. The van der Waals surface area contributed by atoms with Gasteiger partial charge in [-0.1, -0.05) is 25.4 Å². The molecular weight excluding hydrogens is 282 g/mol. The Morgan fingerprint density at radius 1 is 1.35 bits per heavy atom. The monoisotopic (exact) mass is 299 g/mol. The third kappa shape index (κ3) is 3.63. The summed E-state index contributed by atoms with van der Waals surface area (Å²) in [6.07, 6.45) is 1.45. The fourth-order valence-corrected chi connectivity index (χ4v) is 2.09. The van der Waals surface area contributed by atoms with Gasteiger partial charge in [-0.25, -0.2) is 4.79 Å². The summed E-state index contributed by atoms with van der Waals surface area (Å²) in [6.45, 7) is 3.87. The van der Waals surface area contributed by atoms with Gasteiger partial charge in [0.2, 0.25) is 5.91 Å². The van der Waals surface area contributed by atoms with Crippen molar-refractivity contribution in [1.82, 2.24) is 0 Å². The minimum absolute atomic E-state index is 0.0435. The third-order valence-electron chi connectivity index (χ3n) is 3.13. The van der Waals surface area contributed by atoms with Gasteiger partial charge in [-0.15, -0.1) is 0 Å². The topological polar surface area (TPSA) is 75.6 Å². The number of carboxylic acids is 1. The SMILES string of the molecule is CCC(CC)C(=O)Nc1cc(OC)c(C(=O)O)cc1Cl. The van der Waals surface area contributed by atoms with E-state index in [-0.39, 0.29) is 28.2 Å². The smallest absolute Gasteiger partial charge is 0.339 e. The van der Waals surface area contributed by atoms with Gasteiger partial charge in [0.1, 0.15) is 11.3 Å². The molecule has 0 radical (unpaired) electrons. The van der Waals surface area contributed by atoms with Crippen LogP contribution in [0.2, 0.25) is 5.02 Å². The number of rotatable bonds is 6. The van der Waals surface area contributed by atoms with Crippen molar-refractivity contribution in [2.24, 2.45) is 5.92 Å². The van der Waals surface area contributed by atoms with Crippen molar-refractivity contribution in [1.29, 1.82) is 0 Å². The van der Waals surface area contributed by atoms with Gasteiger partial charge in [-0.2, -0.15) is 0 Å². The fourth-order valence-electron chi connectivity index (χ4n) is 1.88. The molecule has 1 amide bonds. The number of methoxy groups -OCH3 is 1. The molecule has 20 heavy (non-hydrogen) atoms. The Labute approximate surface area is 122 Å². The standard InChI is InChI=1S/C14H18ClNO4/c1-4-8(5-2)13(17)16-11-7-12(20-3)9(14(18)19)6-10(11)15/h6-8H,4-5H2,1-3H3,(H,16,17)(H,18,19). The van der Waals surface area contributed by atoms with Gasteiger partial charge >= 0.3 is 5.97 Å². The summed E-state index contributed by atoms with van der Waals surface area (Å²) >= 11 is 6.00. The number of carbonyl (C=O) groups excluding carboxylic acids is 1. The molecule has 0 aliphatic carbocycles. The Bertz CT molecular complexity index is 512. The highest BCUT2D eigenvalue weighted by atomic mass is 35.5. The van der Waals surface area contributed by atoms with E-state index in [4.69, 9.17) is 21.4 Å². The minimum atomic E-state index is -1.14. The molecule has 2 N–H and O–H groups in total. The molecule has 1 rings (SSSR count). The highest BCUT2D eigenvalue weighted by Crippen LogP contribution is 2.31. The van der Waals surface area contributed by atoms with Crippen LogP contribution in [0.4, 0.5) is 5.69 Å². The molecule has 0 bridgehead atoms. The molecule has 0 unspecified atom stereocenters. The average Bonchev–Trinajstić information content (AvgIpc) is 2.41. The first-order chi connectivity index (χ1) is 9.44. The van der Waals surface area contributed by atoms with E-state index < -0.39 is 5.97 Å². The zero-order valence-electron chi connectivity index (χ0n) is 11.7. The summed E-state index contributed by atoms with van der Waals surface area (Å²) in [4.78, 5) is 23.1. The maximum Gasteiger partial charge on any atom is 0.339 e. The molecule has 0 fully saturated rings. The van der Waals surface area contributed by atoms with E-state index >= 15 is 0 Å². The Balaban J connectivity index is 3.08. The summed E-state index contributed by atoms with van der Waals surface area (Å²) < 4.78 is 5.01. The molecule has 1 aromatic rings. The lowest BCUT2D eigenvalue weighted by Gasteiger charge is -2.15. The van der Waals surface area contributed by atoms with Crippen LogP contribution in [-0.4, -0.2) is 24.1 Å². The molecule has 0 saturated carbocycles. The number of aromatic carboxylic acids is 1. The lowest BCUT2D eigenvalue weighted by molar-refractivity contribution is -0.120. The minimum Gasteiger partial charge on any atom is -0.496 e. The molecular formula is C14H18ClNO4. The molecule has 1 aromatic carbocycles. The second kappa shape index (κ2) is 7.14. The van der Waals surface area contributed by atoms with Crippen molar-refractivity contribution in [3.63, 3.8) is 0 Å². The summed E-state index contributed by atoms with van der Waals surface area (Å²) in [6, 6.07) is 2.69. The van der Waals surface area contributed by atoms with Gasteiger partial charge in [-0.3, -0.25) is 4.79 Å². The van der Waals surface area contributed by atoms with Crippen LogP contribution >= 0.6 is 11.6 Å². The second-order valence-electron chi connectivity index (χ2n) is 4.34. The van der Waals surface area contributed by atoms with E-state index in [1.807, 2.05) is 13.8 Å². The van der Waals surface area contributed by atoms with Crippen molar-refractivity contribution >= 4 is 29.2 Å². The molecule has 5 nitrogen and oxygen atoms in total. The number of ether oxygens (including phenoxy) is 1. The zero-order chi connectivity index (χ0) is 15.3. The van der Waals surface area contributed by atoms with Crippen LogP contribution < -0.4 is 10.1 Å². The number of hydrogen-bond acceptors (Lipinski definition) is 3. The Morgan fingerprint density at radius 2 is 1.95 bits per heavy atom. The van der Waals surface area contributed by atoms with Gasteiger partial charge in [0, 0.05) is 12.0 Å². The zero-order valence-corrected chi connectivity index (χ0v) is 12.5. The normalized spacial score (nSPS) is 10.4. The number of benzene rings is 1. The molecule has 0 atom stereocenters. The molecule has 0 heterocycles. The molecule has 0 aliphatic rings. The summed E-state index contributed by atoms with van der Waals surface area (Å²) in [5, 5.41) is 11.9. The molecule has 0 saturated heterocycles. The van der Waals surface area contributed by atoms with Crippen LogP contribution in [0, 0.1) is 5.92 Å². The van der Waals surface area contributed by atoms with Gasteiger partial charge in [0.05, 0.1) is 17.8 Å². The van der Waals surface area contributed by atoms with Crippen molar-refractivity contribution < 1.29 is 19.4 Å². The van der Waals surface area contributed by atoms with Gasteiger partial charge < -0.3 is 15.2 Å². The third-order valence-corrected chi connectivity index (χ3v) is 3.45. The van der Waals surface area contributed by atoms with Gasteiger partial charge in [0.15, 0.2) is 0 Å². The first-order valence-corrected chi connectivity index (χ1v) is 6.74. The average molecular weight is 300 g/mol. The van der Waals surface area contributed by atoms with Crippen LogP contribution in [-0.2, 0) is 4.79 Å². The number of hydrogen-bond donors (Lipinski definition) is 2. The van der Waals surface area contributed by atoms with E-state index in [0.29, 0.717) is 5.69 Å². The Morgan fingerprint density at radius 3 is 2.40 bits per heavy atom. The van der Waals surface area contributed by atoms with Gasteiger partial charge in [-0.05, 0) is 18.9 Å². The highest BCUT2D eigenvalue weighted by molar-refractivity contribution is 6.34. The van der Waals surface area contributed by atoms with Crippen molar-refractivity contribution in [3.05, 3.63) is 22.7 Å². The van der Waals surface area contributed by atoms with Crippen LogP contribution in [0.25, 0.3) is 0 Å². The summed E-state index contributed by atoms with van der Waals surface area (Å²) in [5.41, 5.74) is 0.309. The largest absolute Gasteiger partial charge is 0.496 e. The molecule has 0 aromatic heterocycles. The van der Waals surface area contributed by atoms with E-state index in [0.717, 1.165) is 12.8 Å². The van der Waals surface area contributed by atoms with Crippen molar-refractivity contribution in [2.75, 3.05) is 12.4 Å². The van der Waals surface area contributed by atoms with E-state index in [2.05, 4.69) is 5.32 Å². The number of amides is 1. The molecule has 6 heteroatoms. The lowest BCUT2D eigenvalue weighted by atomic mass is 10.0. The first-order valence-electron chi connectivity index (χ1n) is 6.36. The van der Waals surface area contributed by atoms with E-state index in [1.165, 1.54) is 19.2 Å². The number of carbonyl (C=O) groups is 2. The lowest BCUT2D eigenvalue weighted by Crippen LogP contribution is -2.22. The molecule has 0 spiro atoms. The first kappa shape index (κ1) is 16.3. The molecule has 110 valence electrons. The number of nitrogens with one attached hydrogen (secondary N) is 1. The van der Waals surface area contributed by atoms with Crippen LogP contribution in [0.3, 0.4) is 0 Å². The predicted molar refractivity (Wildman–Crippen MR) is 77.7 cm³/mol. The second-order valence-corrected chi connectivity index (χ2v) is 4.75. The van der Waals surface area contributed by atoms with Crippen LogP contribution in [0.1, 0.15) is 37.0 Å². The van der Waals surface area contributed by atoms with Crippen molar-refractivity contribution in [2.45, 2.75) is 26.7 Å². The van der Waals surface area contributed by atoms with Crippen molar-refractivity contribution in [3.8, 4) is 5.75 Å². The maximum absolute atomic E-state index is 12.0. The quantitative estimate of drug-likeness (QED) is 0.844. The van der Waals surface area contributed by atoms with E-state index in [1.54, 1.807) is 0 Å². The highest BCUT2D eigenvalue weighted by Gasteiger charge is 2.19. The Hall–Kier alpha value is -1.75. The fraction of sp³-hybridized carbons (Fsp3) is 0.429. The number of carboxylic acid groups (broad SMARTS) is 1. The molecule has 0 aliphatic heterocycles. The summed E-state index contributed by atoms with van der Waals surface area (Å²) in [7, 11) is 1.36. The van der Waals surface area contributed by atoms with Crippen LogP contribution in [0.15, 0.2) is 12.1 Å². The number of halogens is 1. The van der Waals surface area contributed by atoms with Gasteiger partial charge in [0.25, 0.3) is 0 Å².